The quantitative estimate of drug-likeness (QED) is 0.326. The van der Waals surface area contributed by atoms with Crippen molar-refractivity contribution < 1.29 is 23.1 Å². The van der Waals surface area contributed by atoms with Crippen LogP contribution in [0.25, 0.3) is 11.3 Å². The number of aliphatic hydroxyl groups is 1. The molecule has 3 aromatic rings. The van der Waals surface area contributed by atoms with Crippen molar-refractivity contribution in [1.82, 2.24) is 24.5 Å². The van der Waals surface area contributed by atoms with Crippen LogP contribution in [-0.4, -0.2) is 55.6 Å². The Balaban J connectivity index is 1.37. The molecule has 4 N–H and O–H groups in total. The molecule has 1 saturated carbocycles. The third-order valence-electron chi connectivity index (χ3n) is 7.63. The maximum Gasteiger partial charge on any atom is 0.416 e. The average molecular weight is 542 g/mol. The molecule has 12 heteroatoms. The van der Waals surface area contributed by atoms with Gasteiger partial charge in [0.05, 0.1) is 29.9 Å². The van der Waals surface area contributed by atoms with Gasteiger partial charge in [-0.05, 0) is 55.2 Å². The van der Waals surface area contributed by atoms with Crippen LogP contribution < -0.4 is 11.1 Å². The molecule has 1 aliphatic heterocycles. The second kappa shape index (κ2) is 10.1. The third-order valence-corrected chi connectivity index (χ3v) is 7.63. The summed E-state index contributed by atoms with van der Waals surface area (Å²) in [4.78, 5) is 14.0. The number of hydrogen-bond acceptors (Lipinski definition) is 6. The molecule has 1 atom stereocenters. The summed E-state index contributed by atoms with van der Waals surface area (Å²) in [5.41, 5.74) is 7.16. The number of rotatable bonds is 6. The van der Waals surface area contributed by atoms with Crippen LogP contribution in [0.1, 0.15) is 55.1 Å². The van der Waals surface area contributed by atoms with Crippen molar-refractivity contribution in [3.8, 4) is 23.1 Å². The summed E-state index contributed by atoms with van der Waals surface area (Å²) in [6.07, 6.45) is 0.0348. The van der Waals surface area contributed by atoms with Crippen molar-refractivity contribution in [3.63, 3.8) is 0 Å². The molecule has 206 valence electrons. The van der Waals surface area contributed by atoms with Gasteiger partial charge in [0.15, 0.2) is 0 Å². The summed E-state index contributed by atoms with van der Waals surface area (Å²) in [5, 5.41) is 22.7. The van der Waals surface area contributed by atoms with E-state index in [9.17, 15) is 23.1 Å². The number of amides is 1. The number of nitrogens with zero attached hydrogens (tertiary/aromatic N) is 5. The molecule has 0 bridgehead atoms. The van der Waals surface area contributed by atoms with Gasteiger partial charge in [0.1, 0.15) is 17.7 Å². The largest absolute Gasteiger partial charge is 0.416 e. The Hall–Kier alpha value is -3.82. The number of aromatic nitrogens is 4. The number of likely N-dealkylation sites (tertiary alicyclic amines) is 1. The van der Waals surface area contributed by atoms with Gasteiger partial charge in [-0.2, -0.15) is 23.4 Å². The fraction of sp³-hybridized carbons (Fsp3) is 0.444. The second-order valence-electron chi connectivity index (χ2n) is 10.3. The van der Waals surface area contributed by atoms with E-state index < -0.39 is 18.0 Å². The van der Waals surface area contributed by atoms with Crippen molar-refractivity contribution in [2.45, 2.75) is 51.2 Å². The minimum absolute atomic E-state index is 0.0181. The maximum atomic E-state index is 13.1. The minimum atomic E-state index is -4.43. The topological polar surface area (TPSA) is 114 Å². The van der Waals surface area contributed by atoms with E-state index in [1.54, 1.807) is 37.3 Å². The molecule has 2 aliphatic rings. The standard InChI is InChI=1S/C27H30F3N7O2/c1-3-5-21(38)35-9-8-26(16-35)11-20(12-26)37-25(32-2)22(24(31)39)23(34-37)18-13-33-36(15-18)14-17-6-4-7-19(10-17)27(28,29)30/h4,6-7,10,13,15,20,24,32,39H,8-9,11-12,14,16,31H2,1-2H3. The highest BCUT2D eigenvalue weighted by Crippen LogP contribution is 2.55. The van der Waals surface area contributed by atoms with Gasteiger partial charge in [-0.25, -0.2) is 4.68 Å². The molecule has 1 spiro atoms. The molecule has 1 aliphatic carbocycles. The van der Waals surface area contributed by atoms with E-state index in [-0.39, 0.29) is 23.9 Å². The highest BCUT2D eigenvalue weighted by atomic mass is 19.4. The number of hydrogen-bond donors (Lipinski definition) is 3. The Bertz CT molecular complexity index is 1440. The zero-order valence-electron chi connectivity index (χ0n) is 21.7. The number of benzene rings is 1. The van der Waals surface area contributed by atoms with Crippen LogP contribution in [0.3, 0.4) is 0 Å². The number of anilines is 1. The predicted octanol–water partition coefficient (Wildman–Crippen LogP) is 3.38. The predicted molar refractivity (Wildman–Crippen MR) is 138 cm³/mol. The zero-order valence-corrected chi connectivity index (χ0v) is 21.7. The summed E-state index contributed by atoms with van der Waals surface area (Å²) in [6.45, 7) is 3.12. The van der Waals surface area contributed by atoms with Gasteiger partial charge in [-0.3, -0.25) is 9.48 Å². The molecule has 1 aromatic carbocycles. The van der Waals surface area contributed by atoms with Gasteiger partial charge in [0.25, 0.3) is 5.91 Å². The first-order chi connectivity index (χ1) is 18.5. The molecule has 2 aromatic heterocycles. The van der Waals surface area contributed by atoms with Gasteiger partial charge < -0.3 is 21.1 Å². The Morgan fingerprint density at radius 3 is 2.79 bits per heavy atom. The monoisotopic (exact) mass is 541 g/mol. The lowest BCUT2D eigenvalue weighted by atomic mass is 9.65. The Labute approximate surface area is 223 Å². The first kappa shape index (κ1) is 26.8. The number of halogens is 3. The van der Waals surface area contributed by atoms with Crippen LogP contribution >= 0.6 is 0 Å². The van der Waals surface area contributed by atoms with Gasteiger partial charge in [-0.15, -0.1) is 0 Å². The number of carbonyl (C=O) groups is 1. The number of nitrogens with one attached hydrogen (secondary N) is 1. The van der Waals surface area contributed by atoms with Crippen molar-refractivity contribution in [1.29, 1.82) is 0 Å². The van der Waals surface area contributed by atoms with E-state index in [2.05, 4.69) is 22.3 Å². The third kappa shape index (κ3) is 5.12. The Kier molecular flexibility index (Phi) is 6.90. The Morgan fingerprint density at radius 1 is 1.36 bits per heavy atom. The van der Waals surface area contributed by atoms with Crippen LogP contribution in [0, 0.1) is 17.3 Å². The van der Waals surface area contributed by atoms with Gasteiger partial charge in [0, 0.05) is 31.9 Å². The molecule has 3 heterocycles. The fourth-order valence-electron chi connectivity index (χ4n) is 5.80. The molecule has 39 heavy (non-hydrogen) atoms. The first-order valence-electron chi connectivity index (χ1n) is 12.7. The molecule has 0 radical (unpaired) electrons. The van der Waals surface area contributed by atoms with Gasteiger partial charge >= 0.3 is 6.18 Å². The van der Waals surface area contributed by atoms with E-state index in [0.29, 0.717) is 41.3 Å². The van der Waals surface area contributed by atoms with Crippen molar-refractivity contribution >= 4 is 11.7 Å². The fourth-order valence-corrected chi connectivity index (χ4v) is 5.80. The van der Waals surface area contributed by atoms with E-state index in [1.807, 2.05) is 4.68 Å². The highest BCUT2D eigenvalue weighted by molar-refractivity contribution is 5.93. The second-order valence-corrected chi connectivity index (χ2v) is 10.3. The van der Waals surface area contributed by atoms with Crippen LogP contribution in [0.4, 0.5) is 19.0 Å². The molecule has 1 unspecified atom stereocenters. The smallest absolute Gasteiger partial charge is 0.374 e. The van der Waals surface area contributed by atoms with Gasteiger partial charge in [-0.1, -0.05) is 18.1 Å². The summed E-state index contributed by atoms with van der Waals surface area (Å²) in [6, 6.07) is 5.16. The molecular weight excluding hydrogens is 511 g/mol. The van der Waals surface area contributed by atoms with Crippen LogP contribution in [-0.2, 0) is 17.5 Å². The lowest BCUT2D eigenvalue weighted by Crippen LogP contribution is -2.42. The SMILES string of the molecule is CC#CC(=O)N1CCC2(CC(n3nc(-c4cnn(Cc5cccc(C(F)(F)F)c5)c4)c(C(N)O)c3NC)C2)C1. The van der Waals surface area contributed by atoms with Crippen LogP contribution in [0.5, 0.6) is 0 Å². The average Bonchev–Trinajstić information content (AvgIpc) is 3.59. The van der Waals surface area contributed by atoms with E-state index in [4.69, 9.17) is 10.8 Å². The summed E-state index contributed by atoms with van der Waals surface area (Å²) < 4.78 is 42.7. The maximum absolute atomic E-state index is 13.1. The Morgan fingerprint density at radius 2 is 2.13 bits per heavy atom. The molecule has 5 rings (SSSR count). The normalized spacial score (nSPS) is 21.4. The van der Waals surface area contributed by atoms with E-state index in [0.717, 1.165) is 31.4 Å². The van der Waals surface area contributed by atoms with Crippen molar-refractivity contribution in [2.24, 2.45) is 11.1 Å². The van der Waals surface area contributed by atoms with Crippen LogP contribution in [0.2, 0.25) is 0 Å². The van der Waals surface area contributed by atoms with E-state index in [1.165, 1.54) is 10.7 Å². The minimum Gasteiger partial charge on any atom is -0.374 e. The summed E-state index contributed by atoms with van der Waals surface area (Å²) >= 11 is 0. The number of nitrogens with two attached hydrogens (primary N) is 1. The number of alkyl halides is 3. The summed E-state index contributed by atoms with van der Waals surface area (Å²) in [5.74, 6) is 5.72. The zero-order chi connectivity index (χ0) is 27.9. The van der Waals surface area contributed by atoms with Crippen molar-refractivity contribution in [3.05, 3.63) is 53.3 Å². The van der Waals surface area contributed by atoms with E-state index >= 15 is 0 Å². The first-order valence-corrected chi connectivity index (χ1v) is 12.7. The lowest BCUT2D eigenvalue weighted by molar-refractivity contribution is -0.137. The lowest BCUT2D eigenvalue weighted by Gasteiger charge is -2.45. The van der Waals surface area contributed by atoms with Crippen molar-refractivity contribution in [2.75, 3.05) is 25.5 Å². The molecular formula is C27H30F3N7O2. The van der Waals surface area contributed by atoms with Crippen LogP contribution in [0.15, 0.2) is 36.7 Å². The number of carbonyl (C=O) groups excluding carboxylic acids is 1. The van der Waals surface area contributed by atoms with Gasteiger partial charge in [0.2, 0.25) is 0 Å². The molecule has 1 amide bonds. The highest BCUT2D eigenvalue weighted by Gasteiger charge is 2.51. The number of aliphatic hydroxyl groups excluding tert-OH is 1. The molecule has 1 saturated heterocycles. The summed E-state index contributed by atoms with van der Waals surface area (Å²) in [7, 11) is 1.73. The molecule has 2 fully saturated rings. The molecule has 9 nitrogen and oxygen atoms in total.